The molecule has 6 nitrogen and oxygen atoms in total. The molecule has 1 saturated heterocycles. The molecule has 27 heavy (non-hydrogen) atoms. The van der Waals surface area contributed by atoms with E-state index in [2.05, 4.69) is 32.2 Å². The summed E-state index contributed by atoms with van der Waals surface area (Å²) in [4.78, 5) is 11.3. The van der Waals surface area contributed by atoms with Crippen molar-refractivity contribution in [3.05, 3.63) is 60.0 Å². The van der Waals surface area contributed by atoms with Crippen LogP contribution in [0.1, 0.15) is 37.1 Å². The lowest BCUT2D eigenvalue weighted by atomic mass is 9.96. The fourth-order valence-electron chi connectivity index (χ4n) is 3.46. The first-order chi connectivity index (χ1) is 13.3. The molecular formula is C21H24N4O2. The van der Waals surface area contributed by atoms with Crippen LogP contribution in [0.2, 0.25) is 0 Å². The first kappa shape index (κ1) is 17.7. The quantitative estimate of drug-likeness (QED) is 0.661. The van der Waals surface area contributed by atoms with Gasteiger partial charge >= 0.3 is 0 Å². The first-order valence-corrected chi connectivity index (χ1v) is 9.51. The Hall–Kier alpha value is -2.73. The third kappa shape index (κ3) is 4.34. The van der Waals surface area contributed by atoms with Crippen LogP contribution in [0.4, 0.5) is 0 Å². The van der Waals surface area contributed by atoms with Crippen molar-refractivity contribution < 1.29 is 9.26 Å². The van der Waals surface area contributed by atoms with E-state index in [9.17, 15) is 0 Å². The molecule has 0 amide bonds. The second-order valence-electron chi connectivity index (χ2n) is 6.80. The molecular weight excluding hydrogens is 340 g/mol. The largest absolute Gasteiger partial charge is 0.494 e. The normalized spacial score (nSPS) is 15.7. The molecule has 0 spiro atoms. The summed E-state index contributed by atoms with van der Waals surface area (Å²) in [6.07, 6.45) is 3.81. The topological polar surface area (TPSA) is 64.3 Å². The van der Waals surface area contributed by atoms with Gasteiger partial charge in [-0.3, -0.25) is 9.88 Å². The lowest BCUT2D eigenvalue weighted by molar-refractivity contribution is 0.200. The van der Waals surface area contributed by atoms with Gasteiger partial charge in [-0.15, -0.1) is 0 Å². The summed E-state index contributed by atoms with van der Waals surface area (Å²) in [5, 5.41) is 4.19. The number of ether oxygens (including phenoxy) is 1. The third-order valence-corrected chi connectivity index (χ3v) is 4.92. The Balaban J connectivity index is 1.32. The third-order valence-electron chi connectivity index (χ3n) is 4.92. The Labute approximate surface area is 159 Å². The number of hydrogen-bond acceptors (Lipinski definition) is 6. The van der Waals surface area contributed by atoms with E-state index in [1.807, 2.05) is 37.3 Å². The zero-order valence-corrected chi connectivity index (χ0v) is 15.5. The molecule has 0 atom stereocenters. The first-order valence-electron chi connectivity index (χ1n) is 9.51. The number of benzene rings is 1. The molecule has 0 N–H and O–H groups in total. The van der Waals surface area contributed by atoms with Gasteiger partial charge in [0.2, 0.25) is 0 Å². The highest BCUT2D eigenvalue weighted by molar-refractivity contribution is 5.45. The average Bonchev–Trinajstić information content (AvgIpc) is 3.21. The predicted octanol–water partition coefficient (Wildman–Crippen LogP) is 3.91. The number of rotatable bonds is 6. The maximum Gasteiger partial charge on any atom is 0.276 e. The molecule has 1 aliphatic heterocycles. The van der Waals surface area contributed by atoms with Gasteiger partial charge in [0.1, 0.15) is 11.4 Å². The summed E-state index contributed by atoms with van der Waals surface area (Å²) in [5.41, 5.74) is 2.04. The molecule has 0 saturated carbocycles. The summed E-state index contributed by atoms with van der Waals surface area (Å²) in [6, 6.07) is 14.1. The standard InChI is InChI=1S/C21H24N4O2/c1-2-26-18-8-6-16(7-9-18)15-25-13-10-17(11-14-25)20-23-21(27-24-20)19-5-3-4-12-22-19/h3-9,12,17H,2,10-11,13-15H2,1H3. The molecule has 1 fully saturated rings. The summed E-state index contributed by atoms with van der Waals surface area (Å²) >= 11 is 0. The van der Waals surface area contributed by atoms with E-state index in [4.69, 9.17) is 9.26 Å². The second kappa shape index (κ2) is 8.31. The Morgan fingerprint density at radius 2 is 1.93 bits per heavy atom. The highest BCUT2D eigenvalue weighted by Crippen LogP contribution is 2.28. The van der Waals surface area contributed by atoms with Crippen molar-refractivity contribution in [1.29, 1.82) is 0 Å². The molecule has 0 unspecified atom stereocenters. The van der Waals surface area contributed by atoms with Gasteiger partial charge in [-0.1, -0.05) is 23.4 Å². The second-order valence-corrected chi connectivity index (χ2v) is 6.80. The maximum atomic E-state index is 5.51. The van der Waals surface area contributed by atoms with Crippen molar-refractivity contribution in [2.75, 3.05) is 19.7 Å². The van der Waals surface area contributed by atoms with Gasteiger partial charge < -0.3 is 9.26 Å². The zero-order valence-electron chi connectivity index (χ0n) is 15.5. The molecule has 3 heterocycles. The number of nitrogens with zero attached hydrogens (tertiary/aromatic N) is 4. The van der Waals surface area contributed by atoms with E-state index < -0.39 is 0 Å². The number of hydrogen-bond donors (Lipinski definition) is 0. The Morgan fingerprint density at radius 3 is 2.63 bits per heavy atom. The number of piperidine rings is 1. The number of aromatic nitrogens is 3. The minimum Gasteiger partial charge on any atom is -0.494 e. The molecule has 6 heteroatoms. The summed E-state index contributed by atoms with van der Waals surface area (Å²) in [7, 11) is 0. The fourth-order valence-corrected chi connectivity index (χ4v) is 3.46. The highest BCUT2D eigenvalue weighted by Gasteiger charge is 2.25. The number of pyridine rings is 1. The van der Waals surface area contributed by atoms with Crippen LogP contribution in [0.5, 0.6) is 5.75 Å². The monoisotopic (exact) mass is 364 g/mol. The lowest BCUT2D eigenvalue weighted by Crippen LogP contribution is -2.32. The van der Waals surface area contributed by atoms with Crippen LogP contribution in [0.25, 0.3) is 11.6 Å². The van der Waals surface area contributed by atoms with E-state index in [0.29, 0.717) is 18.4 Å². The van der Waals surface area contributed by atoms with E-state index in [1.165, 1.54) is 5.56 Å². The van der Waals surface area contributed by atoms with Crippen molar-refractivity contribution in [3.8, 4) is 17.3 Å². The van der Waals surface area contributed by atoms with Crippen molar-refractivity contribution in [2.45, 2.75) is 32.2 Å². The van der Waals surface area contributed by atoms with Crippen LogP contribution in [-0.4, -0.2) is 39.7 Å². The van der Waals surface area contributed by atoms with Crippen LogP contribution in [0.15, 0.2) is 53.2 Å². The lowest BCUT2D eigenvalue weighted by Gasteiger charge is -2.30. The van der Waals surface area contributed by atoms with Crippen LogP contribution >= 0.6 is 0 Å². The van der Waals surface area contributed by atoms with Crippen molar-refractivity contribution in [3.63, 3.8) is 0 Å². The molecule has 0 aliphatic carbocycles. The van der Waals surface area contributed by atoms with Crippen LogP contribution < -0.4 is 4.74 Å². The fraction of sp³-hybridized carbons (Fsp3) is 0.381. The highest BCUT2D eigenvalue weighted by atomic mass is 16.5. The molecule has 4 rings (SSSR count). The molecule has 140 valence electrons. The zero-order chi connectivity index (χ0) is 18.5. The summed E-state index contributed by atoms with van der Waals surface area (Å²) in [6.45, 7) is 5.73. The number of likely N-dealkylation sites (tertiary alicyclic amines) is 1. The maximum absolute atomic E-state index is 5.51. The van der Waals surface area contributed by atoms with Crippen molar-refractivity contribution >= 4 is 0 Å². The predicted molar refractivity (Wildman–Crippen MR) is 102 cm³/mol. The summed E-state index contributed by atoms with van der Waals surface area (Å²) < 4.78 is 10.9. The molecule has 1 aromatic carbocycles. The van der Waals surface area contributed by atoms with Gasteiger partial charge in [0.15, 0.2) is 5.82 Å². The van der Waals surface area contributed by atoms with Gasteiger partial charge in [-0.25, -0.2) is 0 Å². The van der Waals surface area contributed by atoms with Gasteiger partial charge in [-0.2, -0.15) is 4.98 Å². The van der Waals surface area contributed by atoms with Gasteiger partial charge in [-0.05, 0) is 62.7 Å². The van der Waals surface area contributed by atoms with Crippen molar-refractivity contribution in [1.82, 2.24) is 20.0 Å². The van der Waals surface area contributed by atoms with Gasteiger partial charge in [0.25, 0.3) is 5.89 Å². The molecule has 3 aromatic rings. The van der Waals surface area contributed by atoms with E-state index in [1.54, 1.807) is 6.20 Å². The van der Waals surface area contributed by atoms with E-state index in [0.717, 1.165) is 49.7 Å². The minimum atomic E-state index is 0.350. The Kier molecular flexibility index (Phi) is 5.44. The minimum absolute atomic E-state index is 0.350. The molecule has 0 bridgehead atoms. The Bertz CT molecular complexity index is 840. The van der Waals surface area contributed by atoms with E-state index in [-0.39, 0.29) is 0 Å². The average molecular weight is 364 g/mol. The smallest absolute Gasteiger partial charge is 0.276 e. The molecule has 1 aliphatic rings. The molecule has 2 aromatic heterocycles. The van der Waals surface area contributed by atoms with Gasteiger partial charge in [0, 0.05) is 18.7 Å². The van der Waals surface area contributed by atoms with Crippen LogP contribution in [0, 0.1) is 0 Å². The van der Waals surface area contributed by atoms with Crippen molar-refractivity contribution in [2.24, 2.45) is 0 Å². The SMILES string of the molecule is CCOc1ccc(CN2CCC(c3noc(-c4ccccn4)n3)CC2)cc1. The Morgan fingerprint density at radius 1 is 1.11 bits per heavy atom. The van der Waals surface area contributed by atoms with E-state index >= 15 is 0 Å². The van der Waals surface area contributed by atoms with Crippen LogP contribution in [-0.2, 0) is 6.54 Å². The molecule has 0 radical (unpaired) electrons. The van der Waals surface area contributed by atoms with Gasteiger partial charge in [0.05, 0.1) is 6.61 Å². The van der Waals surface area contributed by atoms with Crippen LogP contribution in [0.3, 0.4) is 0 Å². The summed E-state index contributed by atoms with van der Waals surface area (Å²) in [5.74, 6) is 2.59.